The Morgan fingerprint density at radius 3 is 2.86 bits per heavy atom. The molecule has 0 radical (unpaired) electrons. The highest BCUT2D eigenvalue weighted by atomic mass is 16.3. The second-order valence-corrected chi connectivity index (χ2v) is 7.72. The van der Waals surface area contributed by atoms with Crippen LogP contribution in [0.1, 0.15) is 63.1 Å². The lowest BCUT2D eigenvalue weighted by Gasteiger charge is -2.41. The molecule has 0 spiro atoms. The fraction of sp³-hybridized carbons (Fsp3) is 0.684. The van der Waals surface area contributed by atoms with Crippen LogP contribution in [0.2, 0.25) is 0 Å². The minimum atomic E-state index is -0.0720. The minimum absolute atomic E-state index is 0.0720. The van der Waals surface area contributed by atoms with Gasteiger partial charge < -0.3 is 10.4 Å². The molecule has 21 heavy (non-hydrogen) atoms. The SMILES string of the molecule is CC1(C)CCc2ccccc2C1NCC1CCCC(O)C1. The summed E-state index contributed by atoms with van der Waals surface area (Å²) in [6, 6.07) is 9.35. The zero-order valence-electron chi connectivity index (χ0n) is 13.4. The second-order valence-electron chi connectivity index (χ2n) is 7.72. The number of aliphatic hydroxyl groups excluding tert-OH is 1. The predicted molar refractivity (Wildman–Crippen MR) is 87.3 cm³/mol. The molecule has 1 aromatic carbocycles. The van der Waals surface area contributed by atoms with Crippen molar-refractivity contribution in [3.8, 4) is 0 Å². The van der Waals surface area contributed by atoms with Crippen molar-refractivity contribution in [2.75, 3.05) is 6.54 Å². The summed E-state index contributed by atoms with van der Waals surface area (Å²) in [5, 5.41) is 13.7. The van der Waals surface area contributed by atoms with Gasteiger partial charge in [0, 0.05) is 6.04 Å². The summed E-state index contributed by atoms with van der Waals surface area (Å²) in [4.78, 5) is 0. The van der Waals surface area contributed by atoms with Gasteiger partial charge in [0.05, 0.1) is 6.10 Å². The standard InChI is InChI=1S/C19H29NO/c1-19(2)11-10-15-7-3-4-9-17(15)18(19)20-13-14-6-5-8-16(21)12-14/h3-4,7,9,14,16,18,20-21H,5-6,8,10-13H2,1-2H3. The third kappa shape index (κ3) is 3.32. The van der Waals surface area contributed by atoms with Crippen molar-refractivity contribution in [1.82, 2.24) is 5.32 Å². The minimum Gasteiger partial charge on any atom is -0.393 e. The fourth-order valence-electron chi connectivity index (χ4n) is 4.18. The predicted octanol–water partition coefficient (Wildman–Crippen LogP) is 3.84. The highest BCUT2D eigenvalue weighted by Gasteiger charge is 2.35. The van der Waals surface area contributed by atoms with Gasteiger partial charge in [0.25, 0.3) is 0 Å². The van der Waals surface area contributed by atoms with Gasteiger partial charge >= 0.3 is 0 Å². The molecule has 0 bridgehead atoms. The maximum atomic E-state index is 9.85. The van der Waals surface area contributed by atoms with Crippen molar-refractivity contribution >= 4 is 0 Å². The maximum Gasteiger partial charge on any atom is 0.0543 e. The van der Waals surface area contributed by atoms with Crippen LogP contribution in [0.15, 0.2) is 24.3 Å². The number of hydrogen-bond donors (Lipinski definition) is 2. The lowest BCUT2D eigenvalue weighted by Crippen LogP contribution is -2.41. The molecule has 2 nitrogen and oxygen atoms in total. The first-order chi connectivity index (χ1) is 10.1. The van der Waals surface area contributed by atoms with E-state index in [9.17, 15) is 5.11 Å². The lowest BCUT2D eigenvalue weighted by atomic mass is 9.70. The molecule has 1 saturated carbocycles. The number of rotatable bonds is 3. The summed E-state index contributed by atoms with van der Waals surface area (Å²) in [7, 11) is 0. The maximum absolute atomic E-state index is 9.85. The summed E-state index contributed by atoms with van der Waals surface area (Å²) >= 11 is 0. The van der Waals surface area contributed by atoms with Crippen molar-refractivity contribution in [2.24, 2.45) is 11.3 Å². The summed E-state index contributed by atoms with van der Waals surface area (Å²) in [6.45, 7) is 5.81. The molecule has 2 aliphatic rings. The molecular weight excluding hydrogens is 258 g/mol. The van der Waals surface area contributed by atoms with Crippen LogP contribution in [0.4, 0.5) is 0 Å². The number of fused-ring (bicyclic) bond motifs is 1. The van der Waals surface area contributed by atoms with Gasteiger partial charge in [-0.05, 0) is 61.1 Å². The third-order valence-corrected chi connectivity index (χ3v) is 5.55. The van der Waals surface area contributed by atoms with Crippen LogP contribution in [-0.2, 0) is 6.42 Å². The van der Waals surface area contributed by atoms with E-state index in [1.54, 1.807) is 0 Å². The summed E-state index contributed by atoms with van der Waals surface area (Å²) in [6.07, 6.45) is 6.78. The van der Waals surface area contributed by atoms with Crippen LogP contribution in [0.5, 0.6) is 0 Å². The van der Waals surface area contributed by atoms with E-state index in [1.165, 1.54) is 36.8 Å². The Hall–Kier alpha value is -0.860. The van der Waals surface area contributed by atoms with E-state index < -0.39 is 0 Å². The largest absolute Gasteiger partial charge is 0.393 e. The number of benzene rings is 1. The average Bonchev–Trinajstić information content (AvgIpc) is 2.46. The molecule has 2 aliphatic carbocycles. The Balaban J connectivity index is 1.70. The quantitative estimate of drug-likeness (QED) is 0.885. The zero-order chi connectivity index (χ0) is 14.9. The molecule has 1 aromatic rings. The molecule has 3 atom stereocenters. The van der Waals surface area contributed by atoms with Crippen molar-refractivity contribution < 1.29 is 5.11 Å². The molecule has 2 heteroatoms. The van der Waals surface area contributed by atoms with Crippen molar-refractivity contribution in [3.63, 3.8) is 0 Å². The number of hydrogen-bond acceptors (Lipinski definition) is 2. The molecule has 1 fully saturated rings. The Bertz CT molecular complexity index is 482. The summed E-state index contributed by atoms with van der Waals surface area (Å²) < 4.78 is 0. The van der Waals surface area contributed by atoms with E-state index >= 15 is 0 Å². The summed E-state index contributed by atoms with van der Waals surface area (Å²) in [5.41, 5.74) is 3.31. The van der Waals surface area contributed by atoms with Gasteiger partial charge in [-0.25, -0.2) is 0 Å². The van der Waals surface area contributed by atoms with Gasteiger partial charge in [-0.15, -0.1) is 0 Å². The van der Waals surface area contributed by atoms with E-state index in [0.717, 1.165) is 19.4 Å². The van der Waals surface area contributed by atoms with E-state index in [1.807, 2.05) is 0 Å². The van der Waals surface area contributed by atoms with Crippen LogP contribution in [0, 0.1) is 11.3 Å². The number of nitrogens with one attached hydrogen (secondary N) is 1. The molecular formula is C19H29NO. The fourth-order valence-corrected chi connectivity index (χ4v) is 4.18. The van der Waals surface area contributed by atoms with Gasteiger partial charge in [-0.3, -0.25) is 0 Å². The van der Waals surface area contributed by atoms with Crippen molar-refractivity contribution in [1.29, 1.82) is 0 Å². The topological polar surface area (TPSA) is 32.3 Å². The van der Waals surface area contributed by atoms with Crippen LogP contribution < -0.4 is 5.32 Å². The molecule has 0 aliphatic heterocycles. The Morgan fingerprint density at radius 1 is 1.24 bits per heavy atom. The normalized spacial score (nSPS) is 31.7. The Kier molecular flexibility index (Phi) is 4.37. The van der Waals surface area contributed by atoms with Gasteiger partial charge in [-0.2, -0.15) is 0 Å². The molecule has 0 heterocycles. The van der Waals surface area contributed by atoms with Gasteiger partial charge in [0.1, 0.15) is 0 Å². The van der Waals surface area contributed by atoms with E-state index in [0.29, 0.717) is 17.4 Å². The molecule has 0 aromatic heterocycles. The molecule has 0 amide bonds. The van der Waals surface area contributed by atoms with Gasteiger partial charge in [0.2, 0.25) is 0 Å². The first kappa shape index (κ1) is 15.1. The first-order valence-electron chi connectivity index (χ1n) is 8.55. The number of aryl methyl sites for hydroxylation is 1. The van der Waals surface area contributed by atoms with Crippen LogP contribution in [0.3, 0.4) is 0 Å². The number of aliphatic hydroxyl groups is 1. The summed E-state index contributed by atoms with van der Waals surface area (Å²) in [5.74, 6) is 0.638. The van der Waals surface area contributed by atoms with Gasteiger partial charge in [-0.1, -0.05) is 44.5 Å². The molecule has 2 N–H and O–H groups in total. The van der Waals surface area contributed by atoms with Crippen LogP contribution >= 0.6 is 0 Å². The highest BCUT2D eigenvalue weighted by Crippen LogP contribution is 2.43. The molecule has 116 valence electrons. The smallest absolute Gasteiger partial charge is 0.0543 e. The average molecular weight is 287 g/mol. The zero-order valence-corrected chi connectivity index (χ0v) is 13.4. The highest BCUT2D eigenvalue weighted by molar-refractivity contribution is 5.34. The van der Waals surface area contributed by atoms with E-state index in [4.69, 9.17) is 0 Å². The van der Waals surface area contributed by atoms with Crippen LogP contribution in [-0.4, -0.2) is 17.8 Å². The van der Waals surface area contributed by atoms with E-state index in [-0.39, 0.29) is 6.10 Å². The third-order valence-electron chi connectivity index (χ3n) is 5.55. The van der Waals surface area contributed by atoms with Crippen molar-refractivity contribution in [3.05, 3.63) is 35.4 Å². The Morgan fingerprint density at radius 2 is 2.05 bits per heavy atom. The second kappa shape index (κ2) is 6.10. The van der Waals surface area contributed by atoms with E-state index in [2.05, 4.69) is 43.4 Å². The van der Waals surface area contributed by atoms with Crippen LogP contribution in [0.25, 0.3) is 0 Å². The molecule has 3 rings (SSSR count). The Labute approximate surface area is 129 Å². The molecule has 3 unspecified atom stereocenters. The monoisotopic (exact) mass is 287 g/mol. The van der Waals surface area contributed by atoms with Gasteiger partial charge in [0.15, 0.2) is 0 Å². The van der Waals surface area contributed by atoms with Crippen molar-refractivity contribution in [2.45, 2.75) is 64.5 Å². The molecule has 0 saturated heterocycles. The lowest BCUT2D eigenvalue weighted by molar-refractivity contribution is 0.0955. The first-order valence-corrected chi connectivity index (χ1v) is 8.55.